The lowest BCUT2D eigenvalue weighted by Gasteiger charge is -2.44. The zero-order chi connectivity index (χ0) is 19.8. The number of ether oxygens (including phenoxy) is 1. The summed E-state index contributed by atoms with van der Waals surface area (Å²) in [5.41, 5.74) is 5.27. The first-order valence-corrected chi connectivity index (χ1v) is 10.8. The molecule has 0 saturated carbocycles. The summed E-state index contributed by atoms with van der Waals surface area (Å²) >= 11 is 1.41. The summed E-state index contributed by atoms with van der Waals surface area (Å²) in [6.07, 6.45) is 4.27. The minimum atomic E-state index is -0.431. The van der Waals surface area contributed by atoms with Crippen molar-refractivity contribution in [1.82, 2.24) is 19.9 Å². The maximum Gasteiger partial charge on any atom is 0.265 e. The van der Waals surface area contributed by atoms with Crippen LogP contribution in [0.5, 0.6) is 0 Å². The Balaban J connectivity index is 1.42. The molecule has 1 amide bonds. The van der Waals surface area contributed by atoms with Crippen LogP contribution in [0, 0.1) is 6.92 Å². The van der Waals surface area contributed by atoms with Crippen LogP contribution in [0.4, 0.5) is 0 Å². The zero-order valence-electron chi connectivity index (χ0n) is 16.3. The predicted octanol–water partition coefficient (Wildman–Crippen LogP) is 3.61. The van der Waals surface area contributed by atoms with Gasteiger partial charge in [0.25, 0.3) is 5.91 Å². The molecule has 1 aromatic carbocycles. The maximum absolute atomic E-state index is 12.9. The standard InChI is InChI=1S/C22H22N4O2S/c1-15-18(29-14-24-15)21(27)26-10-8-22(9-11-26)19-17(7-12-28-22)13-23-20(25-19)16-5-3-2-4-6-16/h2-6,13-14H,7-12H2,1H3. The molecule has 4 heterocycles. The topological polar surface area (TPSA) is 68.2 Å². The first kappa shape index (κ1) is 18.4. The Morgan fingerprint density at radius 1 is 1.17 bits per heavy atom. The number of aromatic nitrogens is 3. The van der Waals surface area contributed by atoms with Gasteiger partial charge in [0, 0.05) is 24.8 Å². The molecular weight excluding hydrogens is 384 g/mol. The molecule has 5 rings (SSSR count). The van der Waals surface area contributed by atoms with E-state index in [4.69, 9.17) is 9.72 Å². The molecule has 0 bridgehead atoms. The highest BCUT2D eigenvalue weighted by Crippen LogP contribution is 2.41. The van der Waals surface area contributed by atoms with Crippen LogP contribution in [-0.4, -0.2) is 45.5 Å². The van der Waals surface area contributed by atoms with Crippen LogP contribution in [0.3, 0.4) is 0 Å². The summed E-state index contributed by atoms with van der Waals surface area (Å²) in [5.74, 6) is 0.802. The molecular formula is C22H22N4O2S. The summed E-state index contributed by atoms with van der Waals surface area (Å²) in [6.45, 7) is 3.86. The SMILES string of the molecule is Cc1ncsc1C(=O)N1CCC2(CC1)OCCc1cnc(-c3ccccc3)nc12. The fourth-order valence-corrected chi connectivity index (χ4v) is 5.01. The monoisotopic (exact) mass is 406 g/mol. The molecule has 2 aliphatic heterocycles. The van der Waals surface area contributed by atoms with Gasteiger partial charge < -0.3 is 9.64 Å². The van der Waals surface area contributed by atoms with Crippen molar-refractivity contribution in [3.8, 4) is 11.4 Å². The Kier molecular flexibility index (Phi) is 4.64. The van der Waals surface area contributed by atoms with Crippen molar-refractivity contribution >= 4 is 17.2 Å². The number of thiazole rings is 1. The van der Waals surface area contributed by atoms with Crippen molar-refractivity contribution < 1.29 is 9.53 Å². The van der Waals surface area contributed by atoms with Gasteiger partial charge in [0.1, 0.15) is 10.5 Å². The van der Waals surface area contributed by atoms with Gasteiger partial charge in [0.15, 0.2) is 5.82 Å². The van der Waals surface area contributed by atoms with Crippen molar-refractivity contribution in [2.75, 3.05) is 19.7 Å². The molecule has 1 saturated heterocycles. The molecule has 29 heavy (non-hydrogen) atoms. The van der Waals surface area contributed by atoms with Gasteiger partial charge in [0.05, 0.1) is 23.5 Å². The largest absolute Gasteiger partial charge is 0.368 e. The highest BCUT2D eigenvalue weighted by atomic mass is 32.1. The van der Waals surface area contributed by atoms with Gasteiger partial charge in [0.2, 0.25) is 0 Å². The number of aryl methyl sites for hydroxylation is 1. The van der Waals surface area contributed by atoms with Crippen LogP contribution in [0.25, 0.3) is 11.4 Å². The molecule has 0 atom stereocenters. The number of likely N-dealkylation sites (tertiary alicyclic amines) is 1. The highest BCUT2D eigenvalue weighted by Gasteiger charge is 2.43. The molecule has 0 unspecified atom stereocenters. The summed E-state index contributed by atoms with van der Waals surface area (Å²) in [7, 11) is 0. The van der Waals surface area contributed by atoms with Gasteiger partial charge in [-0.05, 0) is 31.7 Å². The van der Waals surface area contributed by atoms with E-state index in [-0.39, 0.29) is 5.91 Å². The van der Waals surface area contributed by atoms with Gasteiger partial charge in [-0.25, -0.2) is 15.0 Å². The Bertz CT molecular complexity index is 1040. The molecule has 1 spiro atoms. The number of carbonyl (C=O) groups excluding carboxylic acids is 1. The lowest BCUT2D eigenvalue weighted by Crippen LogP contribution is -2.49. The molecule has 0 N–H and O–H groups in total. The minimum Gasteiger partial charge on any atom is -0.368 e. The number of piperidine rings is 1. The van der Waals surface area contributed by atoms with Crippen LogP contribution in [0.15, 0.2) is 42.0 Å². The number of rotatable bonds is 2. The summed E-state index contributed by atoms with van der Waals surface area (Å²) in [6, 6.07) is 10.0. The fourth-order valence-electron chi connectivity index (χ4n) is 4.24. The number of benzene rings is 1. The lowest BCUT2D eigenvalue weighted by molar-refractivity contribution is -0.0966. The fraction of sp³-hybridized carbons (Fsp3) is 0.364. The van der Waals surface area contributed by atoms with Crippen LogP contribution < -0.4 is 0 Å². The van der Waals surface area contributed by atoms with E-state index < -0.39 is 5.60 Å². The third kappa shape index (κ3) is 3.24. The van der Waals surface area contributed by atoms with E-state index in [2.05, 4.69) is 9.97 Å². The Morgan fingerprint density at radius 2 is 1.97 bits per heavy atom. The van der Waals surface area contributed by atoms with Gasteiger partial charge >= 0.3 is 0 Å². The molecule has 1 fully saturated rings. The van der Waals surface area contributed by atoms with E-state index in [1.165, 1.54) is 11.3 Å². The number of fused-ring (bicyclic) bond motifs is 2. The first-order valence-electron chi connectivity index (χ1n) is 9.91. The molecule has 7 heteroatoms. The Labute approximate surface area is 173 Å². The van der Waals surface area contributed by atoms with Gasteiger partial charge in [-0.2, -0.15) is 0 Å². The first-order chi connectivity index (χ1) is 14.2. The highest BCUT2D eigenvalue weighted by molar-refractivity contribution is 7.11. The van der Waals surface area contributed by atoms with Crippen molar-refractivity contribution in [3.05, 3.63) is 63.9 Å². The summed E-state index contributed by atoms with van der Waals surface area (Å²) < 4.78 is 6.33. The number of hydrogen-bond donors (Lipinski definition) is 0. The van der Waals surface area contributed by atoms with Gasteiger partial charge in [-0.3, -0.25) is 4.79 Å². The van der Waals surface area contributed by atoms with Gasteiger partial charge in [-0.15, -0.1) is 11.3 Å². The normalized spacial score (nSPS) is 17.9. The average Bonchev–Trinajstić information content (AvgIpc) is 3.20. The van der Waals surface area contributed by atoms with Crippen LogP contribution in [0.2, 0.25) is 0 Å². The van der Waals surface area contributed by atoms with E-state index >= 15 is 0 Å². The van der Waals surface area contributed by atoms with Gasteiger partial charge in [-0.1, -0.05) is 30.3 Å². The second-order valence-corrected chi connectivity index (χ2v) is 8.44. The molecule has 0 radical (unpaired) electrons. The lowest BCUT2D eigenvalue weighted by atomic mass is 9.83. The van der Waals surface area contributed by atoms with Crippen LogP contribution >= 0.6 is 11.3 Å². The molecule has 2 aliphatic rings. The van der Waals surface area contributed by atoms with Crippen LogP contribution in [0.1, 0.15) is 39.5 Å². The van der Waals surface area contributed by atoms with E-state index in [0.29, 0.717) is 19.7 Å². The van der Waals surface area contributed by atoms with Crippen molar-refractivity contribution in [3.63, 3.8) is 0 Å². The predicted molar refractivity (Wildman–Crippen MR) is 111 cm³/mol. The smallest absolute Gasteiger partial charge is 0.265 e. The summed E-state index contributed by atoms with van der Waals surface area (Å²) in [5, 5.41) is 0. The second kappa shape index (κ2) is 7.31. The van der Waals surface area contributed by atoms with Crippen molar-refractivity contribution in [2.45, 2.75) is 31.8 Å². The molecule has 2 aromatic heterocycles. The average molecular weight is 407 g/mol. The van der Waals surface area contributed by atoms with Crippen molar-refractivity contribution in [2.24, 2.45) is 0 Å². The zero-order valence-corrected chi connectivity index (χ0v) is 17.1. The molecule has 148 valence electrons. The number of nitrogens with zero attached hydrogens (tertiary/aromatic N) is 4. The maximum atomic E-state index is 12.9. The number of hydrogen-bond acceptors (Lipinski definition) is 6. The van der Waals surface area contributed by atoms with Crippen LogP contribution in [-0.2, 0) is 16.8 Å². The third-order valence-corrected chi connectivity index (χ3v) is 6.79. The quantitative estimate of drug-likeness (QED) is 0.650. The molecule has 6 nitrogen and oxygen atoms in total. The second-order valence-electron chi connectivity index (χ2n) is 7.59. The van der Waals surface area contributed by atoms with E-state index in [0.717, 1.165) is 52.5 Å². The molecule has 3 aromatic rings. The number of carbonyl (C=O) groups is 1. The molecule has 0 aliphatic carbocycles. The summed E-state index contributed by atoms with van der Waals surface area (Å²) in [4.78, 5) is 29.3. The Morgan fingerprint density at radius 3 is 2.69 bits per heavy atom. The Hall–Kier alpha value is -2.64. The van der Waals surface area contributed by atoms with E-state index in [1.54, 1.807) is 5.51 Å². The van der Waals surface area contributed by atoms with Crippen molar-refractivity contribution in [1.29, 1.82) is 0 Å². The van der Waals surface area contributed by atoms with E-state index in [9.17, 15) is 4.79 Å². The number of amides is 1. The minimum absolute atomic E-state index is 0.0727. The third-order valence-electron chi connectivity index (χ3n) is 5.88. The van der Waals surface area contributed by atoms with E-state index in [1.807, 2.05) is 48.4 Å².